The Morgan fingerprint density at radius 2 is 1.79 bits per heavy atom. The molecular weight excluding hydrogens is 362 g/mol. The second-order valence-corrected chi connectivity index (χ2v) is 7.62. The molecule has 1 fully saturated rings. The van der Waals surface area contributed by atoms with Gasteiger partial charge in [-0.3, -0.25) is 9.59 Å². The molecule has 3 aliphatic rings. The van der Waals surface area contributed by atoms with Crippen molar-refractivity contribution in [3.63, 3.8) is 0 Å². The van der Waals surface area contributed by atoms with Crippen molar-refractivity contribution in [2.45, 2.75) is 39.5 Å². The number of nitrogens with one attached hydrogen (secondary N) is 1. The van der Waals surface area contributed by atoms with Gasteiger partial charge >= 0.3 is 5.97 Å². The minimum Gasteiger partial charge on any atom is -0.484 e. The van der Waals surface area contributed by atoms with Gasteiger partial charge in [0.1, 0.15) is 0 Å². The first-order valence-corrected chi connectivity index (χ1v) is 9.77. The summed E-state index contributed by atoms with van der Waals surface area (Å²) in [6.07, 6.45) is 2.09. The van der Waals surface area contributed by atoms with Crippen LogP contribution in [0, 0.1) is 11.8 Å². The highest BCUT2D eigenvalue weighted by molar-refractivity contribution is 5.87. The molecular formula is C20H29N3O5. The third-order valence-electron chi connectivity index (χ3n) is 5.83. The Morgan fingerprint density at radius 1 is 1.14 bits per heavy atom. The van der Waals surface area contributed by atoms with Gasteiger partial charge in [0.2, 0.25) is 5.91 Å². The lowest BCUT2D eigenvalue weighted by molar-refractivity contribution is -0.147. The summed E-state index contributed by atoms with van der Waals surface area (Å²) in [5, 5.41) is 12.6. The first-order valence-electron chi connectivity index (χ1n) is 9.77. The molecule has 1 saturated heterocycles. The zero-order chi connectivity index (χ0) is 20.3. The van der Waals surface area contributed by atoms with Gasteiger partial charge in [0.25, 0.3) is 0 Å². The van der Waals surface area contributed by atoms with Crippen LogP contribution in [-0.4, -0.2) is 61.2 Å². The average Bonchev–Trinajstić information content (AvgIpc) is 2.70. The molecule has 2 aliphatic heterocycles. The van der Waals surface area contributed by atoms with Crippen molar-refractivity contribution in [1.29, 1.82) is 0 Å². The Bertz CT molecular complexity index is 734. The summed E-state index contributed by atoms with van der Waals surface area (Å²) >= 11 is 0. The first-order chi connectivity index (χ1) is 13.4. The van der Waals surface area contributed by atoms with Gasteiger partial charge in [-0.05, 0) is 33.1 Å². The van der Waals surface area contributed by atoms with Crippen LogP contribution < -0.4 is 5.32 Å². The molecule has 28 heavy (non-hydrogen) atoms. The fourth-order valence-corrected chi connectivity index (χ4v) is 3.96. The molecule has 0 aromatic heterocycles. The smallest absolute Gasteiger partial charge is 0.307 e. The fourth-order valence-electron chi connectivity index (χ4n) is 3.96. The number of carboxylic acids is 1. The number of ether oxygens (including phenoxy) is 2. The second-order valence-electron chi connectivity index (χ2n) is 7.62. The molecule has 0 radical (unpaired) electrons. The molecule has 8 nitrogen and oxygen atoms in total. The summed E-state index contributed by atoms with van der Waals surface area (Å²) in [6.45, 7) is 6.52. The van der Waals surface area contributed by atoms with E-state index in [2.05, 4.69) is 15.2 Å². The zero-order valence-electron chi connectivity index (χ0n) is 16.8. The number of rotatable bonds is 4. The lowest BCUT2D eigenvalue weighted by Gasteiger charge is -2.34. The van der Waals surface area contributed by atoms with E-state index in [1.165, 1.54) is 0 Å². The number of nitrogens with zero attached hydrogens (tertiary/aromatic N) is 2. The Morgan fingerprint density at radius 3 is 2.39 bits per heavy atom. The molecule has 1 aliphatic carbocycles. The van der Waals surface area contributed by atoms with Crippen LogP contribution in [0.5, 0.6) is 0 Å². The van der Waals surface area contributed by atoms with E-state index in [0.29, 0.717) is 63.7 Å². The van der Waals surface area contributed by atoms with E-state index in [9.17, 15) is 14.7 Å². The van der Waals surface area contributed by atoms with E-state index in [0.717, 1.165) is 16.8 Å². The number of methoxy groups -OCH3 is 1. The first kappa shape index (κ1) is 20.4. The molecule has 0 aromatic carbocycles. The minimum absolute atomic E-state index is 0.240. The van der Waals surface area contributed by atoms with E-state index in [-0.39, 0.29) is 5.91 Å². The fraction of sp³-hybridized carbons (Fsp3) is 0.650. The Balaban J connectivity index is 1.84. The van der Waals surface area contributed by atoms with E-state index in [1.54, 1.807) is 7.11 Å². The highest BCUT2D eigenvalue weighted by atomic mass is 16.5. The molecule has 2 unspecified atom stereocenters. The second kappa shape index (κ2) is 8.77. The number of hydrogen-bond acceptors (Lipinski definition) is 6. The molecule has 2 heterocycles. The summed E-state index contributed by atoms with van der Waals surface area (Å²) < 4.78 is 10.7. The van der Waals surface area contributed by atoms with Crippen molar-refractivity contribution in [2.24, 2.45) is 16.8 Å². The Hall–Kier alpha value is -2.35. The standard InChI is InChI=1S/C20H29N3O5/c1-12-10-14(15(20(25)26)11-13(12)2)19(24)21-16-4-5-17(27-3)22-18(16)23-6-8-28-9-7-23/h14-15H,4-11H2,1-3H3,(H,21,24)(H,25,26). The van der Waals surface area contributed by atoms with Gasteiger partial charge in [-0.1, -0.05) is 11.1 Å². The van der Waals surface area contributed by atoms with Crippen molar-refractivity contribution in [1.82, 2.24) is 10.2 Å². The van der Waals surface area contributed by atoms with Gasteiger partial charge in [-0.2, -0.15) is 4.99 Å². The third kappa shape index (κ3) is 4.38. The molecule has 2 N–H and O–H groups in total. The van der Waals surface area contributed by atoms with Crippen molar-refractivity contribution < 1.29 is 24.2 Å². The summed E-state index contributed by atoms with van der Waals surface area (Å²) in [5.74, 6) is -1.10. The predicted octanol–water partition coefficient (Wildman–Crippen LogP) is 1.89. The van der Waals surface area contributed by atoms with Gasteiger partial charge in [0, 0.05) is 19.5 Å². The van der Waals surface area contributed by atoms with E-state index in [1.807, 2.05) is 13.8 Å². The molecule has 8 heteroatoms. The molecule has 0 saturated carbocycles. The van der Waals surface area contributed by atoms with Crippen LogP contribution in [-0.2, 0) is 19.1 Å². The lowest BCUT2D eigenvalue weighted by atomic mass is 9.76. The number of carbonyl (C=O) groups excluding carboxylic acids is 1. The van der Waals surface area contributed by atoms with Crippen LogP contribution in [0.15, 0.2) is 27.7 Å². The van der Waals surface area contributed by atoms with Crippen LogP contribution in [0.2, 0.25) is 0 Å². The van der Waals surface area contributed by atoms with E-state index >= 15 is 0 Å². The van der Waals surface area contributed by atoms with Crippen molar-refractivity contribution >= 4 is 17.8 Å². The highest BCUT2D eigenvalue weighted by Gasteiger charge is 2.38. The monoisotopic (exact) mass is 391 g/mol. The van der Waals surface area contributed by atoms with Crippen LogP contribution in [0.25, 0.3) is 0 Å². The van der Waals surface area contributed by atoms with Gasteiger partial charge in [-0.15, -0.1) is 0 Å². The maximum Gasteiger partial charge on any atom is 0.307 e. The van der Waals surface area contributed by atoms with Gasteiger partial charge in [0.15, 0.2) is 11.7 Å². The quantitative estimate of drug-likeness (QED) is 0.710. The molecule has 154 valence electrons. The van der Waals surface area contributed by atoms with Crippen molar-refractivity contribution in [2.75, 3.05) is 33.4 Å². The van der Waals surface area contributed by atoms with Gasteiger partial charge in [-0.25, -0.2) is 0 Å². The molecule has 2 atom stereocenters. The summed E-state index contributed by atoms with van der Waals surface area (Å²) in [7, 11) is 1.59. The normalized spacial score (nSPS) is 26.1. The van der Waals surface area contributed by atoms with Crippen LogP contribution in [0.1, 0.15) is 39.5 Å². The minimum atomic E-state index is -0.919. The van der Waals surface area contributed by atoms with E-state index < -0.39 is 17.8 Å². The maximum atomic E-state index is 13.1. The zero-order valence-corrected chi connectivity index (χ0v) is 16.8. The van der Waals surface area contributed by atoms with Gasteiger partial charge < -0.3 is 24.8 Å². The molecule has 3 rings (SSSR count). The van der Waals surface area contributed by atoms with Crippen LogP contribution >= 0.6 is 0 Å². The number of carboxylic acid groups (broad SMARTS) is 1. The summed E-state index contributed by atoms with van der Waals surface area (Å²) in [5.41, 5.74) is 2.90. The Labute approximate surface area is 165 Å². The largest absolute Gasteiger partial charge is 0.484 e. The summed E-state index contributed by atoms with van der Waals surface area (Å²) in [6, 6.07) is 0. The number of allylic oxidation sites excluding steroid dienone is 3. The number of aliphatic imine (C=N–C) groups is 1. The molecule has 0 spiro atoms. The molecule has 0 bridgehead atoms. The molecule has 0 aromatic rings. The molecule has 1 amide bonds. The number of amides is 1. The van der Waals surface area contributed by atoms with Crippen LogP contribution in [0.3, 0.4) is 0 Å². The SMILES string of the molecule is COC1=NC(N2CCOCC2)=C(NC(=O)C2CC(C)=C(C)CC2C(=O)O)CC1. The third-order valence-corrected chi connectivity index (χ3v) is 5.83. The highest BCUT2D eigenvalue weighted by Crippen LogP contribution is 2.35. The average molecular weight is 391 g/mol. The maximum absolute atomic E-state index is 13.1. The number of hydrogen-bond donors (Lipinski definition) is 2. The number of morpholine rings is 1. The van der Waals surface area contributed by atoms with Crippen LogP contribution in [0.4, 0.5) is 0 Å². The number of carbonyl (C=O) groups is 2. The predicted molar refractivity (Wildman–Crippen MR) is 103 cm³/mol. The van der Waals surface area contributed by atoms with Crippen molar-refractivity contribution in [3.05, 3.63) is 22.7 Å². The Kier molecular flexibility index (Phi) is 6.39. The lowest BCUT2D eigenvalue weighted by Crippen LogP contribution is -2.42. The number of aliphatic carboxylic acids is 1. The topological polar surface area (TPSA) is 100 Å². The van der Waals surface area contributed by atoms with Gasteiger partial charge in [0.05, 0.1) is 37.9 Å². The summed E-state index contributed by atoms with van der Waals surface area (Å²) in [4.78, 5) is 31.5. The van der Waals surface area contributed by atoms with Crippen molar-refractivity contribution in [3.8, 4) is 0 Å². The van der Waals surface area contributed by atoms with E-state index in [4.69, 9.17) is 9.47 Å².